The molecule has 0 saturated carbocycles. The van der Waals surface area contributed by atoms with E-state index in [1.807, 2.05) is 6.08 Å². The van der Waals surface area contributed by atoms with Gasteiger partial charge in [0.25, 0.3) is 0 Å². The van der Waals surface area contributed by atoms with Gasteiger partial charge in [-0.05, 0) is 57.8 Å². The molecule has 0 saturated heterocycles. The van der Waals surface area contributed by atoms with Crippen LogP contribution in [0.2, 0.25) is 0 Å². The minimum atomic E-state index is 0.745. The number of hydrogen-bond donors (Lipinski definition) is 0. The largest absolute Gasteiger partial charge is 0.103 e. The van der Waals surface area contributed by atoms with Gasteiger partial charge < -0.3 is 0 Å². The van der Waals surface area contributed by atoms with Crippen LogP contribution in [-0.4, -0.2) is 0 Å². The Kier molecular flexibility index (Phi) is 7.46. The van der Waals surface area contributed by atoms with Crippen molar-refractivity contribution >= 4 is 0 Å². The molecule has 1 atom stereocenters. The molecule has 0 heteroatoms. The van der Waals surface area contributed by atoms with Crippen LogP contribution in [0.15, 0.2) is 48.6 Å². The lowest BCUT2D eigenvalue weighted by atomic mass is 9.93. The van der Waals surface area contributed by atoms with Gasteiger partial charge in [-0.25, -0.2) is 0 Å². The molecule has 1 rings (SSSR count). The van der Waals surface area contributed by atoms with Crippen LogP contribution in [0.25, 0.3) is 0 Å². The van der Waals surface area contributed by atoms with Crippen LogP contribution in [0.3, 0.4) is 0 Å². The molecule has 0 amide bonds. The first-order chi connectivity index (χ1) is 8.33. The topological polar surface area (TPSA) is 0 Å². The predicted molar refractivity (Wildman–Crippen MR) is 78.0 cm³/mol. The van der Waals surface area contributed by atoms with Crippen LogP contribution in [0.4, 0.5) is 0 Å². The van der Waals surface area contributed by atoms with Crippen LogP contribution in [0, 0.1) is 5.92 Å². The monoisotopic (exact) mass is 230 g/mol. The van der Waals surface area contributed by atoms with Crippen molar-refractivity contribution in [3.63, 3.8) is 0 Å². The first-order valence-electron chi connectivity index (χ1n) is 6.91. The maximum Gasteiger partial charge on any atom is -0.0166 e. The molecule has 0 N–H and O–H groups in total. The quantitative estimate of drug-likeness (QED) is 0.412. The van der Waals surface area contributed by atoms with Crippen molar-refractivity contribution in [1.82, 2.24) is 0 Å². The molecule has 1 unspecified atom stereocenters. The average Bonchev–Trinajstić information content (AvgIpc) is 2.31. The maximum absolute atomic E-state index is 3.74. The van der Waals surface area contributed by atoms with Crippen molar-refractivity contribution < 1.29 is 0 Å². The summed E-state index contributed by atoms with van der Waals surface area (Å²) in [5.74, 6) is 0.745. The van der Waals surface area contributed by atoms with E-state index in [0.717, 1.165) is 18.8 Å². The molecule has 0 fully saturated rings. The summed E-state index contributed by atoms with van der Waals surface area (Å²) in [5, 5.41) is 0. The summed E-state index contributed by atoms with van der Waals surface area (Å²) in [5.41, 5.74) is 1.55. The Bertz CT molecular complexity index is 291. The molecule has 0 radical (unpaired) electrons. The molecule has 1 aliphatic rings. The van der Waals surface area contributed by atoms with E-state index >= 15 is 0 Å². The summed E-state index contributed by atoms with van der Waals surface area (Å²) in [6.07, 6.45) is 22.2. The third-order valence-electron chi connectivity index (χ3n) is 3.30. The molecule has 0 heterocycles. The number of rotatable bonds is 6. The Morgan fingerprint density at radius 3 is 3.06 bits per heavy atom. The molecule has 1 aliphatic carbocycles. The molecule has 0 nitrogen and oxygen atoms in total. The van der Waals surface area contributed by atoms with Gasteiger partial charge in [0.15, 0.2) is 0 Å². The Morgan fingerprint density at radius 2 is 2.24 bits per heavy atom. The van der Waals surface area contributed by atoms with Gasteiger partial charge in [-0.1, -0.05) is 42.0 Å². The van der Waals surface area contributed by atoms with E-state index in [4.69, 9.17) is 0 Å². The minimum absolute atomic E-state index is 0.745. The highest BCUT2D eigenvalue weighted by Gasteiger charge is 2.04. The molecular formula is C17H26. The molecule has 17 heavy (non-hydrogen) atoms. The standard InChI is InChI=1S/C17H26/c1-3-4-5-6-7-8-12-17-13-10-9-11-16(2)14-15-17/h3,7-8,10-11,13,17H,1,4-6,9,12,14-15H2,2H3. The van der Waals surface area contributed by atoms with Crippen molar-refractivity contribution in [2.75, 3.05) is 0 Å². The van der Waals surface area contributed by atoms with E-state index in [1.54, 1.807) is 5.57 Å². The average molecular weight is 230 g/mol. The summed E-state index contributed by atoms with van der Waals surface area (Å²) in [4.78, 5) is 0. The van der Waals surface area contributed by atoms with Gasteiger partial charge >= 0.3 is 0 Å². The lowest BCUT2D eigenvalue weighted by molar-refractivity contribution is 0.590. The lowest BCUT2D eigenvalue weighted by Crippen LogP contribution is -1.97. The Morgan fingerprint density at radius 1 is 1.35 bits per heavy atom. The zero-order chi connectivity index (χ0) is 12.3. The molecule has 0 aromatic carbocycles. The fourth-order valence-corrected chi connectivity index (χ4v) is 2.12. The Balaban J connectivity index is 2.22. The second kappa shape index (κ2) is 9.04. The van der Waals surface area contributed by atoms with Crippen molar-refractivity contribution in [3.8, 4) is 0 Å². The highest BCUT2D eigenvalue weighted by atomic mass is 14.1. The number of unbranched alkanes of at least 4 members (excludes halogenated alkanes) is 2. The fraction of sp³-hybridized carbons (Fsp3) is 0.529. The molecule has 0 spiro atoms. The third kappa shape index (κ3) is 6.99. The highest BCUT2D eigenvalue weighted by molar-refractivity contribution is 5.07. The van der Waals surface area contributed by atoms with Gasteiger partial charge in [0.05, 0.1) is 0 Å². The lowest BCUT2D eigenvalue weighted by Gasteiger charge is -2.12. The van der Waals surface area contributed by atoms with Crippen molar-refractivity contribution in [3.05, 3.63) is 48.6 Å². The van der Waals surface area contributed by atoms with Crippen LogP contribution in [0.5, 0.6) is 0 Å². The molecule has 0 aromatic heterocycles. The summed E-state index contributed by atoms with van der Waals surface area (Å²) < 4.78 is 0. The van der Waals surface area contributed by atoms with Crippen LogP contribution in [-0.2, 0) is 0 Å². The minimum Gasteiger partial charge on any atom is -0.103 e. The van der Waals surface area contributed by atoms with Crippen molar-refractivity contribution in [1.29, 1.82) is 0 Å². The van der Waals surface area contributed by atoms with Crippen LogP contribution < -0.4 is 0 Å². The van der Waals surface area contributed by atoms with E-state index in [0.29, 0.717) is 0 Å². The van der Waals surface area contributed by atoms with Gasteiger partial charge in [-0.15, -0.1) is 6.58 Å². The summed E-state index contributed by atoms with van der Waals surface area (Å²) in [6, 6.07) is 0. The van der Waals surface area contributed by atoms with Gasteiger partial charge in [0.2, 0.25) is 0 Å². The first-order valence-corrected chi connectivity index (χ1v) is 6.91. The summed E-state index contributed by atoms with van der Waals surface area (Å²) in [6.45, 7) is 5.99. The SMILES string of the molecule is C=CCCCC=CCC1C=CCC=C(C)CC1. The zero-order valence-electron chi connectivity index (χ0n) is 11.2. The highest BCUT2D eigenvalue weighted by Crippen LogP contribution is 2.20. The smallest absolute Gasteiger partial charge is 0.0166 e. The fourth-order valence-electron chi connectivity index (χ4n) is 2.12. The molecule has 0 aromatic rings. The molecule has 94 valence electrons. The predicted octanol–water partition coefficient (Wildman–Crippen LogP) is 5.59. The number of allylic oxidation sites excluding steroid dienone is 7. The second-order valence-corrected chi connectivity index (χ2v) is 4.94. The number of hydrogen-bond acceptors (Lipinski definition) is 0. The van der Waals surface area contributed by atoms with Gasteiger partial charge in [0.1, 0.15) is 0 Å². The van der Waals surface area contributed by atoms with E-state index < -0.39 is 0 Å². The molecular weight excluding hydrogens is 204 g/mol. The summed E-state index contributed by atoms with van der Waals surface area (Å²) >= 11 is 0. The van der Waals surface area contributed by atoms with Crippen LogP contribution >= 0.6 is 0 Å². The van der Waals surface area contributed by atoms with Gasteiger partial charge in [-0.3, -0.25) is 0 Å². The Labute approximate surface area is 107 Å². The van der Waals surface area contributed by atoms with E-state index in [-0.39, 0.29) is 0 Å². The van der Waals surface area contributed by atoms with E-state index in [1.165, 1.54) is 32.1 Å². The van der Waals surface area contributed by atoms with Gasteiger partial charge in [-0.2, -0.15) is 0 Å². The third-order valence-corrected chi connectivity index (χ3v) is 3.30. The molecule has 0 aliphatic heterocycles. The van der Waals surface area contributed by atoms with E-state index in [9.17, 15) is 0 Å². The first kappa shape index (κ1) is 14.0. The Hall–Kier alpha value is -1.04. The van der Waals surface area contributed by atoms with Crippen molar-refractivity contribution in [2.45, 2.75) is 51.9 Å². The van der Waals surface area contributed by atoms with E-state index in [2.05, 4.69) is 43.9 Å². The second-order valence-electron chi connectivity index (χ2n) is 4.94. The zero-order valence-corrected chi connectivity index (χ0v) is 11.2. The van der Waals surface area contributed by atoms with Crippen LogP contribution in [0.1, 0.15) is 51.9 Å². The molecule has 0 bridgehead atoms. The normalized spacial score (nSPS) is 21.0. The maximum atomic E-state index is 3.74. The summed E-state index contributed by atoms with van der Waals surface area (Å²) in [7, 11) is 0. The van der Waals surface area contributed by atoms with Crippen molar-refractivity contribution in [2.24, 2.45) is 5.92 Å². The van der Waals surface area contributed by atoms with Gasteiger partial charge in [0, 0.05) is 0 Å².